The van der Waals surface area contributed by atoms with Crippen LogP contribution in [0, 0.1) is 0 Å². The maximum absolute atomic E-state index is 3.71. The Kier molecular flexibility index (Phi) is 6.28. The Labute approximate surface area is 132 Å². The van der Waals surface area contributed by atoms with E-state index in [9.17, 15) is 0 Å². The number of hydrogen-bond acceptors (Lipinski definition) is 1. The van der Waals surface area contributed by atoms with Crippen molar-refractivity contribution < 1.29 is 19.4 Å². The Balaban J connectivity index is 2.10. The first-order valence-corrected chi connectivity index (χ1v) is 9.36. The number of benzene rings is 1. The van der Waals surface area contributed by atoms with Crippen LogP contribution in [0.4, 0.5) is 0 Å². The maximum atomic E-state index is 3.71. The van der Waals surface area contributed by atoms with Crippen LogP contribution in [0.25, 0.3) is 5.57 Å². The Morgan fingerprint density at radius 1 is 1.30 bits per heavy atom. The van der Waals surface area contributed by atoms with E-state index in [-0.39, 0.29) is 19.4 Å². The summed E-state index contributed by atoms with van der Waals surface area (Å²) in [7, 11) is 0. The third kappa shape index (κ3) is 3.94. The summed E-state index contributed by atoms with van der Waals surface area (Å²) in [5.41, 5.74) is 5.97. The second-order valence-electron chi connectivity index (χ2n) is 5.50. The average molecular weight is 303 g/mol. The molecule has 1 N–H and O–H groups in total. The summed E-state index contributed by atoms with van der Waals surface area (Å²) in [6.45, 7) is 8.06. The zero-order chi connectivity index (χ0) is 14.4. The van der Waals surface area contributed by atoms with Crippen molar-refractivity contribution in [3.8, 4) is 0 Å². The molecule has 20 heavy (non-hydrogen) atoms. The van der Waals surface area contributed by atoms with Gasteiger partial charge < -0.3 is 0 Å². The molecule has 0 aliphatic heterocycles. The van der Waals surface area contributed by atoms with Crippen LogP contribution in [0.5, 0.6) is 0 Å². The van der Waals surface area contributed by atoms with Gasteiger partial charge in [-0.2, -0.15) is 0 Å². The number of unbranched alkanes of at least 4 members (excludes halogenated alkanes) is 1. The van der Waals surface area contributed by atoms with Gasteiger partial charge >= 0.3 is 133 Å². The van der Waals surface area contributed by atoms with Crippen molar-refractivity contribution in [1.82, 2.24) is 3.80 Å². The van der Waals surface area contributed by atoms with E-state index in [1.165, 1.54) is 41.7 Å². The molecule has 0 fully saturated rings. The standard InChI is InChI=1S/C14H15.C4H10N.Ti/c1-3-12-8-4-5-9-14(12)13-10-6-7-11(13)2;1-2-3-4-5;/h3-9H,10H2,1-2H3;5H,2-4H2,1H3;/q;-1;+1. The molecule has 1 aliphatic carbocycles. The van der Waals surface area contributed by atoms with Crippen LogP contribution in [0.3, 0.4) is 0 Å². The summed E-state index contributed by atoms with van der Waals surface area (Å²) in [5.74, 6) is 0. The summed E-state index contributed by atoms with van der Waals surface area (Å²) >= 11 is -0.110. The predicted octanol–water partition coefficient (Wildman–Crippen LogP) is 4.87. The van der Waals surface area contributed by atoms with E-state index in [1.807, 2.05) is 0 Å². The fourth-order valence-electron chi connectivity index (χ4n) is 2.66. The molecule has 1 nitrogen and oxygen atoms in total. The van der Waals surface area contributed by atoms with E-state index in [2.05, 4.69) is 61.0 Å². The Morgan fingerprint density at radius 2 is 2.10 bits per heavy atom. The first-order chi connectivity index (χ1) is 9.74. The van der Waals surface area contributed by atoms with Gasteiger partial charge in [-0.15, -0.1) is 0 Å². The first-order valence-electron chi connectivity index (χ1n) is 7.68. The van der Waals surface area contributed by atoms with Crippen molar-refractivity contribution in [1.29, 1.82) is 0 Å². The molecule has 1 unspecified atom stereocenters. The first kappa shape index (κ1) is 15.8. The van der Waals surface area contributed by atoms with Crippen molar-refractivity contribution in [2.45, 2.75) is 44.3 Å². The number of hydrogen-bond donors (Lipinski definition) is 1. The molecule has 106 valence electrons. The van der Waals surface area contributed by atoms with E-state index in [0.717, 1.165) is 6.42 Å². The molecule has 0 aromatic heterocycles. The van der Waals surface area contributed by atoms with Crippen LogP contribution in [-0.4, -0.2) is 6.54 Å². The van der Waals surface area contributed by atoms with Crippen molar-refractivity contribution in [3.63, 3.8) is 0 Å². The minimum absolute atomic E-state index is 0.110. The van der Waals surface area contributed by atoms with Crippen LogP contribution in [0.2, 0.25) is 0 Å². The molecule has 0 spiro atoms. The Hall–Kier alpha value is -0.626. The second kappa shape index (κ2) is 7.97. The predicted molar refractivity (Wildman–Crippen MR) is 84.1 cm³/mol. The van der Waals surface area contributed by atoms with Crippen molar-refractivity contribution in [2.75, 3.05) is 6.54 Å². The molecule has 1 aromatic carbocycles. The molecule has 2 rings (SSSR count). The van der Waals surface area contributed by atoms with E-state index in [0.29, 0.717) is 4.22 Å². The normalized spacial score (nSPS) is 15.8. The zero-order valence-corrected chi connectivity index (χ0v) is 14.4. The molecule has 0 radical (unpaired) electrons. The molecule has 0 bridgehead atoms. The third-order valence-corrected chi connectivity index (χ3v) is 5.76. The molecular formula is C18H25NTi. The van der Waals surface area contributed by atoms with Gasteiger partial charge in [-0.25, -0.2) is 0 Å². The van der Waals surface area contributed by atoms with Crippen LogP contribution in [0.15, 0.2) is 42.0 Å². The van der Waals surface area contributed by atoms with E-state index in [1.54, 1.807) is 0 Å². The number of allylic oxidation sites excluding steroid dienone is 4. The number of rotatable bonds is 7. The third-order valence-electron chi connectivity index (χ3n) is 3.89. The topological polar surface area (TPSA) is 12.0 Å². The molecule has 0 amide bonds. The fourth-order valence-corrected chi connectivity index (χ4v) is 4.27. The van der Waals surface area contributed by atoms with Gasteiger partial charge in [-0.3, -0.25) is 0 Å². The van der Waals surface area contributed by atoms with Gasteiger partial charge in [0, 0.05) is 0 Å². The van der Waals surface area contributed by atoms with Crippen molar-refractivity contribution >= 4 is 5.57 Å². The molecular weight excluding hydrogens is 278 g/mol. The fraction of sp³-hybridized carbons (Fsp3) is 0.444. The Morgan fingerprint density at radius 3 is 2.80 bits per heavy atom. The van der Waals surface area contributed by atoms with Gasteiger partial charge in [0.15, 0.2) is 0 Å². The number of nitrogens with one attached hydrogen (secondary N) is 1. The molecule has 1 atom stereocenters. The van der Waals surface area contributed by atoms with Crippen LogP contribution in [0.1, 0.15) is 55.4 Å². The molecule has 0 heterocycles. The van der Waals surface area contributed by atoms with Crippen molar-refractivity contribution in [3.05, 3.63) is 53.1 Å². The second-order valence-corrected chi connectivity index (χ2v) is 7.86. The summed E-state index contributed by atoms with van der Waals surface area (Å²) < 4.78 is 4.39. The Bertz CT molecular complexity index is 502. The van der Waals surface area contributed by atoms with Gasteiger partial charge in [-0.05, 0) is 0 Å². The van der Waals surface area contributed by atoms with Crippen LogP contribution < -0.4 is 3.80 Å². The molecule has 0 saturated carbocycles. The summed E-state index contributed by atoms with van der Waals surface area (Å²) in [6, 6.07) is 8.99. The quantitative estimate of drug-likeness (QED) is 0.560. The van der Waals surface area contributed by atoms with E-state index in [4.69, 9.17) is 0 Å². The minimum atomic E-state index is -0.110. The van der Waals surface area contributed by atoms with Gasteiger partial charge in [0.2, 0.25) is 0 Å². The average Bonchev–Trinajstić information content (AvgIpc) is 2.89. The summed E-state index contributed by atoms with van der Waals surface area (Å²) in [4.78, 5) is 0. The van der Waals surface area contributed by atoms with Crippen LogP contribution in [-0.2, 0) is 19.4 Å². The summed E-state index contributed by atoms with van der Waals surface area (Å²) in [6.07, 6.45) is 8.21. The zero-order valence-electron chi connectivity index (χ0n) is 12.9. The van der Waals surface area contributed by atoms with Crippen molar-refractivity contribution in [2.24, 2.45) is 0 Å². The van der Waals surface area contributed by atoms with Gasteiger partial charge in [0.1, 0.15) is 0 Å². The molecule has 1 aromatic rings. The molecule has 2 heteroatoms. The van der Waals surface area contributed by atoms with Gasteiger partial charge in [-0.1, -0.05) is 0 Å². The van der Waals surface area contributed by atoms with E-state index < -0.39 is 0 Å². The monoisotopic (exact) mass is 303 g/mol. The summed E-state index contributed by atoms with van der Waals surface area (Å²) in [5, 5.41) is 0. The van der Waals surface area contributed by atoms with Gasteiger partial charge in [0.05, 0.1) is 0 Å². The SMILES string of the molecule is CCCC[NH][Ti][CH](C)c1ccccc1C1=C(C)C=CC1. The van der Waals surface area contributed by atoms with Crippen LogP contribution >= 0.6 is 0 Å². The van der Waals surface area contributed by atoms with Gasteiger partial charge in [0.25, 0.3) is 0 Å². The molecule has 1 aliphatic rings. The van der Waals surface area contributed by atoms with E-state index >= 15 is 0 Å². The molecule has 0 saturated heterocycles.